The molecule has 2 unspecified atom stereocenters. The third-order valence-electron chi connectivity index (χ3n) is 5.90. The molecule has 0 saturated heterocycles. The van der Waals surface area contributed by atoms with E-state index in [1.165, 1.54) is 0 Å². The van der Waals surface area contributed by atoms with E-state index < -0.39 is 0 Å². The van der Waals surface area contributed by atoms with Gasteiger partial charge in [0.2, 0.25) is 0 Å². The summed E-state index contributed by atoms with van der Waals surface area (Å²) in [6.07, 6.45) is 1.28. The molecule has 1 N–H and O–H groups in total. The number of nitrogens with one attached hydrogen (secondary N) is 1. The third kappa shape index (κ3) is 3.51. The molecule has 0 spiro atoms. The van der Waals surface area contributed by atoms with Crippen LogP contribution in [0.5, 0.6) is 17.2 Å². The number of anilines is 1. The van der Waals surface area contributed by atoms with Gasteiger partial charge in [0.1, 0.15) is 11.5 Å². The van der Waals surface area contributed by atoms with Crippen LogP contribution in [0.15, 0.2) is 41.4 Å². The van der Waals surface area contributed by atoms with Crippen LogP contribution >= 0.6 is 0 Å². The number of ether oxygens (including phenoxy) is 3. The molecule has 0 amide bonds. The van der Waals surface area contributed by atoms with Gasteiger partial charge in [-0.2, -0.15) is 0 Å². The van der Waals surface area contributed by atoms with Crippen LogP contribution in [0.3, 0.4) is 0 Å². The van der Waals surface area contributed by atoms with E-state index in [1.807, 2.05) is 30.3 Å². The maximum Gasteiger partial charge on any atom is 0.164 e. The fourth-order valence-corrected chi connectivity index (χ4v) is 4.57. The number of carbonyl (C=O) groups excluding carboxylic acids is 1. The van der Waals surface area contributed by atoms with E-state index in [1.54, 1.807) is 27.4 Å². The van der Waals surface area contributed by atoms with Crippen molar-refractivity contribution in [3.05, 3.63) is 42.0 Å². The molecule has 2 aromatic carbocycles. The topological polar surface area (TPSA) is 69.2 Å². The third-order valence-corrected chi connectivity index (χ3v) is 5.90. The van der Waals surface area contributed by atoms with Crippen molar-refractivity contribution in [3.8, 4) is 17.2 Å². The summed E-state index contributed by atoms with van der Waals surface area (Å²) in [5.41, 5.74) is 3.39. The molecule has 1 fully saturated rings. The van der Waals surface area contributed by atoms with Crippen molar-refractivity contribution in [1.82, 2.24) is 0 Å². The zero-order chi connectivity index (χ0) is 21.5. The van der Waals surface area contributed by atoms with Crippen LogP contribution in [0, 0.1) is 11.3 Å². The summed E-state index contributed by atoms with van der Waals surface area (Å²) in [5.74, 6) is 1.62. The van der Waals surface area contributed by atoms with Crippen LogP contribution in [-0.2, 0) is 4.79 Å². The first kappa shape index (κ1) is 20.3. The predicted molar refractivity (Wildman–Crippen MR) is 118 cm³/mol. The molecule has 1 aliphatic carbocycles. The van der Waals surface area contributed by atoms with Gasteiger partial charge >= 0.3 is 0 Å². The quantitative estimate of drug-likeness (QED) is 0.775. The first-order chi connectivity index (χ1) is 14.4. The Kier molecular flexibility index (Phi) is 5.18. The number of fused-ring (bicyclic) bond motifs is 2. The predicted octanol–water partition coefficient (Wildman–Crippen LogP) is 4.96. The Hall–Kier alpha value is -3.02. The van der Waals surface area contributed by atoms with E-state index in [2.05, 4.69) is 19.2 Å². The molecule has 1 saturated carbocycles. The molecule has 2 aromatic rings. The SMILES string of the molecule is COc1cc(OC)c(C2Nc3ccccc3N=C3CC(C)(C)CC(=O)C32)cc1OC. The summed E-state index contributed by atoms with van der Waals surface area (Å²) in [6.45, 7) is 4.25. The van der Waals surface area contributed by atoms with Gasteiger partial charge in [-0.05, 0) is 30.0 Å². The van der Waals surface area contributed by atoms with Gasteiger partial charge < -0.3 is 19.5 Å². The molecule has 0 radical (unpaired) electrons. The summed E-state index contributed by atoms with van der Waals surface area (Å²) in [4.78, 5) is 18.3. The zero-order valence-corrected chi connectivity index (χ0v) is 18.1. The molecule has 2 atom stereocenters. The number of hydrogen-bond donors (Lipinski definition) is 1. The van der Waals surface area contributed by atoms with Crippen molar-refractivity contribution in [1.29, 1.82) is 0 Å². The Balaban J connectivity index is 1.91. The van der Waals surface area contributed by atoms with Crippen molar-refractivity contribution in [3.63, 3.8) is 0 Å². The first-order valence-corrected chi connectivity index (χ1v) is 10.1. The normalized spacial score (nSPS) is 22.0. The average Bonchev–Trinajstić information content (AvgIpc) is 2.88. The number of para-hydroxylation sites is 2. The number of aliphatic imine (C=N–C) groups is 1. The van der Waals surface area contributed by atoms with Crippen LogP contribution in [0.25, 0.3) is 0 Å². The molecule has 1 heterocycles. The van der Waals surface area contributed by atoms with Crippen LogP contribution < -0.4 is 19.5 Å². The van der Waals surface area contributed by atoms with Crippen LogP contribution in [-0.4, -0.2) is 32.8 Å². The highest BCUT2D eigenvalue weighted by Crippen LogP contribution is 2.48. The fourth-order valence-electron chi connectivity index (χ4n) is 4.57. The minimum atomic E-state index is -0.377. The largest absolute Gasteiger partial charge is 0.496 e. The summed E-state index contributed by atoms with van der Waals surface area (Å²) in [7, 11) is 4.82. The summed E-state index contributed by atoms with van der Waals surface area (Å²) in [6, 6.07) is 11.3. The van der Waals surface area contributed by atoms with Gasteiger partial charge in [-0.3, -0.25) is 9.79 Å². The van der Waals surface area contributed by atoms with Gasteiger partial charge in [0.25, 0.3) is 0 Å². The molecular formula is C24H28N2O4. The Labute approximate surface area is 177 Å². The lowest BCUT2D eigenvalue weighted by Gasteiger charge is -2.38. The number of benzene rings is 2. The molecule has 158 valence electrons. The second-order valence-corrected chi connectivity index (χ2v) is 8.65. The molecule has 0 aromatic heterocycles. The van der Waals surface area contributed by atoms with E-state index in [4.69, 9.17) is 19.2 Å². The average molecular weight is 408 g/mol. The molecular weight excluding hydrogens is 380 g/mol. The van der Waals surface area contributed by atoms with E-state index >= 15 is 0 Å². The van der Waals surface area contributed by atoms with Crippen molar-refractivity contribution < 1.29 is 19.0 Å². The highest BCUT2D eigenvalue weighted by atomic mass is 16.5. The van der Waals surface area contributed by atoms with Crippen molar-refractivity contribution in [2.24, 2.45) is 16.3 Å². The Morgan fingerprint density at radius 2 is 1.63 bits per heavy atom. The highest BCUT2D eigenvalue weighted by molar-refractivity contribution is 6.10. The number of rotatable bonds is 4. The smallest absolute Gasteiger partial charge is 0.164 e. The second-order valence-electron chi connectivity index (χ2n) is 8.65. The molecule has 4 rings (SSSR count). The lowest BCUT2D eigenvalue weighted by Crippen LogP contribution is -2.42. The van der Waals surface area contributed by atoms with Gasteiger partial charge in [0.15, 0.2) is 11.5 Å². The summed E-state index contributed by atoms with van der Waals surface area (Å²) >= 11 is 0. The number of nitrogens with zero attached hydrogens (tertiary/aromatic N) is 1. The van der Waals surface area contributed by atoms with E-state index in [-0.39, 0.29) is 23.2 Å². The molecule has 6 heteroatoms. The standard InChI is InChI=1S/C24H28N2O4/c1-24(2)12-17-22(18(27)13-24)23(26-16-9-7-6-8-15(16)25-17)14-10-20(29-4)21(30-5)11-19(14)28-3/h6-11,22-23,26H,12-13H2,1-5H3. The first-order valence-electron chi connectivity index (χ1n) is 10.1. The van der Waals surface area contributed by atoms with Gasteiger partial charge in [0, 0.05) is 23.8 Å². The van der Waals surface area contributed by atoms with E-state index in [9.17, 15) is 4.79 Å². The van der Waals surface area contributed by atoms with Crippen molar-refractivity contribution >= 4 is 22.9 Å². The van der Waals surface area contributed by atoms with Crippen LogP contribution in [0.2, 0.25) is 0 Å². The van der Waals surface area contributed by atoms with Crippen LogP contribution in [0.4, 0.5) is 11.4 Å². The highest BCUT2D eigenvalue weighted by Gasteiger charge is 2.44. The van der Waals surface area contributed by atoms with Crippen molar-refractivity contribution in [2.75, 3.05) is 26.6 Å². The monoisotopic (exact) mass is 408 g/mol. The molecule has 30 heavy (non-hydrogen) atoms. The Bertz CT molecular complexity index is 1010. The number of hydrogen-bond acceptors (Lipinski definition) is 6. The van der Waals surface area contributed by atoms with Gasteiger partial charge in [0.05, 0.1) is 44.7 Å². The minimum absolute atomic E-state index is 0.113. The van der Waals surface area contributed by atoms with E-state index in [0.29, 0.717) is 23.7 Å². The number of Topliss-reactive ketones (excluding diaryl/α,β-unsaturated/α-hetero) is 1. The maximum absolute atomic E-state index is 13.4. The Morgan fingerprint density at radius 3 is 2.33 bits per heavy atom. The number of ketones is 1. The van der Waals surface area contributed by atoms with Gasteiger partial charge in [-0.1, -0.05) is 26.0 Å². The summed E-state index contributed by atoms with van der Waals surface area (Å²) < 4.78 is 16.7. The van der Waals surface area contributed by atoms with Gasteiger partial charge in [-0.25, -0.2) is 0 Å². The molecule has 2 aliphatic rings. The van der Waals surface area contributed by atoms with Crippen molar-refractivity contribution in [2.45, 2.75) is 32.7 Å². The Morgan fingerprint density at radius 1 is 0.967 bits per heavy atom. The number of methoxy groups -OCH3 is 3. The van der Waals surface area contributed by atoms with Gasteiger partial charge in [-0.15, -0.1) is 0 Å². The second kappa shape index (κ2) is 7.67. The lowest BCUT2D eigenvalue weighted by atomic mass is 9.68. The number of carbonyl (C=O) groups is 1. The molecule has 0 bridgehead atoms. The molecule has 1 aliphatic heterocycles. The van der Waals surface area contributed by atoms with E-state index in [0.717, 1.165) is 29.1 Å². The maximum atomic E-state index is 13.4. The zero-order valence-electron chi connectivity index (χ0n) is 18.1. The summed E-state index contributed by atoms with van der Waals surface area (Å²) in [5, 5.41) is 3.58. The fraction of sp³-hybridized carbons (Fsp3) is 0.417. The minimum Gasteiger partial charge on any atom is -0.496 e. The lowest BCUT2D eigenvalue weighted by molar-refractivity contribution is -0.124. The molecule has 6 nitrogen and oxygen atoms in total. The van der Waals surface area contributed by atoms with Crippen LogP contribution in [0.1, 0.15) is 38.3 Å².